The summed E-state index contributed by atoms with van der Waals surface area (Å²) in [5.74, 6) is 0. The lowest BCUT2D eigenvalue weighted by Gasteiger charge is -2.26. The molecule has 68 heavy (non-hydrogen) atoms. The van der Waals surface area contributed by atoms with E-state index in [0.29, 0.717) is 24.0 Å². The molecule has 2 N–H and O–H groups in total. The summed E-state index contributed by atoms with van der Waals surface area (Å²) < 4.78 is 0. The average Bonchev–Trinajstić information content (AvgIpc) is 3.96. The number of nitro benzene ring substituents is 2. The fourth-order valence-corrected chi connectivity index (χ4v) is 11.4. The summed E-state index contributed by atoms with van der Waals surface area (Å²) in [5, 5.41) is 34.0. The van der Waals surface area contributed by atoms with Crippen LogP contribution in [0.25, 0.3) is 87.4 Å². The highest BCUT2D eigenvalue weighted by molar-refractivity contribution is 6.24. The van der Waals surface area contributed by atoms with Gasteiger partial charge in [0.25, 0.3) is 11.4 Å². The Labute approximate surface area is 389 Å². The molecule has 0 saturated carbocycles. The van der Waals surface area contributed by atoms with Crippen molar-refractivity contribution in [1.82, 2.24) is 9.97 Å². The second-order valence-electron chi connectivity index (χ2n) is 18.1. The minimum absolute atomic E-state index is 0.0439. The van der Waals surface area contributed by atoms with Crippen LogP contribution in [0.1, 0.15) is 44.5 Å². The molecule has 10 aromatic carbocycles. The first-order chi connectivity index (χ1) is 33.4. The van der Waals surface area contributed by atoms with Crippen LogP contribution in [0.5, 0.6) is 0 Å². The third-order valence-corrected chi connectivity index (χ3v) is 14.4. The predicted molar refractivity (Wildman–Crippen MR) is 275 cm³/mol. The first-order valence-electron chi connectivity index (χ1n) is 22.9. The van der Waals surface area contributed by atoms with Crippen LogP contribution < -0.4 is 0 Å². The number of H-pyrrole nitrogens is 2. The van der Waals surface area contributed by atoms with Crippen molar-refractivity contribution < 1.29 is 9.85 Å². The molecule has 0 radical (unpaired) electrons. The van der Waals surface area contributed by atoms with E-state index in [0.717, 1.165) is 45.9 Å². The Balaban J connectivity index is 0.000000135. The van der Waals surface area contributed by atoms with Crippen LogP contribution in [0.2, 0.25) is 0 Å². The lowest BCUT2D eigenvalue weighted by atomic mass is 9.77. The minimum Gasteiger partial charge on any atom is -0.353 e. The molecular formula is C60H40N4O4. The van der Waals surface area contributed by atoms with Crippen LogP contribution in [-0.2, 0) is 25.7 Å². The number of rotatable bonds is 4. The average molecular weight is 881 g/mol. The molecule has 0 fully saturated rings. The second kappa shape index (κ2) is 15.4. The number of aromatic amines is 2. The Kier molecular flexibility index (Phi) is 8.92. The van der Waals surface area contributed by atoms with Crippen LogP contribution in [-0.4, -0.2) is 19.8 Å². The Hall–Kier alpha value is -8.88. The largest absolute Gasteiger partial charge is 0.353 e. The monoisotopic (exact) mass is 880 g/mol. The summed E-state index contributed by atoms with van der Waals surface area (Å²) in [6.07, 6.45) is 3.13. The summed E-state index contributed by atoms with van der Waals surface area (Å²) in [6, 6.07) is 60.8. The first-order valence-corrected chi connectivity index (χ1v) is 22.9. The van der Waals surface area contributed by atoms with Crippen molar-refractivity contribution >= 4 is 76.5 Å². The molecule has 14 rings (SSSR count). The van der Waals surface area contributed by atoms with E-state index in [4.69, 9.17) is 0 Å². The molecule has 0 unspecified atom stereocenters. The van der Waals surface area contributed by atoms with Gasteiger partial charge in [-0.1, -0.05) is 146 Å². The third kappa shape index (κ3) is 6.22. The van der Waals surface area contributed by atoms with Gasteiger partial charge in [0.05, 0.1) is 32.0 Å². The topological polar surface area (TPSA) is 118 Å². The predicted octanol–water partition coefficient (Wildman–Crippen LogP) is 15.1. The highest BCUT2D eigenvalue weighted by atomic mass is 16.6. The second-order valence-corrected chi connectivity index (χ2v) is 18.1. The Morgan fingerprint density at radius 3 is 1.06 bits per heavy atom. The number of aromatic nitrogens is 2. The van der Waals surface area contributed by atoms with Crippen LogP contribution in [0.4, 0.5) is 11.4 Å². The van der Waals surface area contributed by atoms with E-state index in [2.05, 4.69) is 119 Å². The Bertz CT molecular complexity index is 3860. The quantitative estimate of drug-likeness (QED) is 0.135. The first kappa shape index (κ1) is 39.5. The summed E-state index contributed by atoms with van der Waals surface area (Å²) in [7, 11) is 0. The molecule has 12 aromatic rings. The van der Waals surface area contributed by atoms with Crippen molar-refractivity contribution in [1.29, 1.82) is 0 Å². The van der Waals surface area contributed by atoms with E-state index in [1.807, 2.05) is 24.3 Å². The maximum absolute atomic E-state index is 11.8. The normalized spacial score (nSPS) is 12.7. The highest BCUT2D eigenvalue weighted by Gasteiger charge is 2.29. The molecule has 8 heteroatoms. The zero-order valence-electron chi connectivity index (χ0n) is 36.7. The molecule has 2 aliphatic carbocycles. The van der Waals surface area contributed by atoms with Gasteiger partial charge in [-0.2, -0.15) is 0 Å². The van der Waals surface area contributed by atoms with Crippen LogP contribution in [0, 0.1) is 20.2 Å². The van der Waals surface area contributed by atoms with Gasteiger partial charge in [-0.25, -0.2) is 0 Å². The fourth-order valence-electron chi connectivity index (χ4n) is 11.4. The van der Waals surface area contributed by atoms with Crippen molar-refractivity contribution in [3.63, 3.8) is 0 Å². The molecule has 0 spiro atoms. The number of nitrogens with zero attached hydrogens (tertiary/aromatic N) is 2. The molecule has 0 amide bonds. The lowest BCUT2D eigenvalue weighted by molar-refractivity contribution is -0.384. The van der Waals surface area contributed by atoms with Crippen LogP contribution >= 0.6 is 0 Å². The number of fused-ring (bicyclic) bond motifs is 15. The molecule has 0 saturated heterocycles. The molecule has 0 atom stereocenters. The molecule has 2 aromatic heterocycles. The van der Waals surface area contributed by atoms with Gasteiger partial charge in [0.15, 0.2) is 0 Å². The number of hydrogen-bond donors (Lipinski definition) is 2. The zero-order chi connectivity index (χ0) is 45.6. The molecule has 324 valence electrons. The SMILES string of the molecule is O=[N+]([O-])c1ccccc1-c1ccc(-c2ccccc2[N+](=O)[O-])c2c1Cc1cc3ccccc3cc1C2.c1ccc2cc3c(cc2c1)Cc1c(c2c4ccccc4[nH]c2c2[nH]c4ccccc4c12)C3. The standard InChI is InChI=1S/C30H20N2O4.C30H20N2/c33-31(34)29-11-5-3-9-25(29)23-13-14-24(26-10-4-6-12-30(26)32(35)36)28-18-22-16-20-8-2-1-7-19(20)15-21(22)17-27(23)28;1-2-8-18-14-20-16-24-23(15-19(20)13-17(18)7-1)27-21-9-3-5-11-25(21)31-29(27)30-28(24)22-10-4-6-12-26(22)32-30/h1-16H,17-18H2;1-14,31-32H,15-16H2. The van der Waals surface area contributed by atoms with Gasteiger partial charge in [0.2, 0.25) is 0 Å². The van der Waals surface area contributed by atoms with Gasteiger partial charge in [0.1, 0.15) is 0 Å². The number of benzene rings is 10. The lowest BCUT2D eigenvalue weighted by Crippen LogP contribution is -2.11. The molecule has 2 heterocycles. The van der Waals surface area contributed by atoms with Gasteiger partial charge in [-0.05, 0) is 127 Å². The number of nitrogens with one attached hydrogen (secondary N) is 2. The fraction of sp³-hybridized carbons (Fsp3) is 0.0667. The van der Waals surface area contributed by atoms with Crippen molar-refractivity contribution in [2.75, 3.05) is 0 Å². The van der Waals surface area contributed by atoms with Crippen molar-refractivity contribution in [3.8, 4) is 22.3 Å². The van der Waals surface area contributed by atoms with Gasteiger partial charge in [0, 0.05) is 44.7 Å². The van der Waals surface area contributed by atoms with Gasteiger partial charge < -0.3 is 9.97 Å². The van der Waals surface area contributed by atoms with Crippen molar-refractivity contribution in [3.05, 3.63) is 247 Å². The highest BCUT2D eigenvalue weighted by Crippen LogP contribution is 2.46. The van der Waals surface area contributed by atoms with Gasteiger partial charge >= 0.3 is 0 Å². The van der Waals surface area contributed by atoms with Gasteiger partial charge in [-0.15, -0.1) is 0 Å². The third-order valence-electron chi connectivity index (χ3n) is 14.4. The van der Waals surface area contributed by atoms with E-state index in [1.165, 1.54) is 99.9 Å². The number of hydrogen-bond acceptors (Lipinski definition) is 4. The summed E-state index contributed by atoms with van der Waals surface area (Å²) in [4.78, 5) is 30.5. The molecule has 8 nitrogen and oxygen atoms in total. The van der Waals surface area contributed by atoms with Crippen LogP contribution in [0.3, 0.4) is 0 Å². The number of para-hydroxylation sites is 4. The molecule has 0 bridgehead atoms. The van der Waals surface area contributed by atoms with E-state index < -0.39 is 0 Å². The number of nitro groups is 2. The van der Waals surface area contributed by atoms with Crippen LogP contribution in [0.15, 0.2) is 182 Å². The van der Waals surface area contributed by atoms with E-state index in [1.54, 1.807) is 36.4 Å². The smallest absolute Gasteiger partial charge is 0.277 e. The van der Waals surface area contributed by atoms with E-state index in [9.17, 15) is 20.2 Å². The Morgan fingerprint density at radius 1 is 0.353 bits per heavy atom. The zero-order valence-corrected chi connectivity index (χ0v) is 36.7. The summed E-state index contributed by atoms with van der Waals surface area (Å²) in [6.45, 7) is 0. The maximum atomic E-state index is 11.8. The Morgan fingerprint density at radius 2 is 0.676 bits per heavy atom. The molecule has 2 aliphatic rings. The summed E-state index contributed by atoms with van der Waals surface area (Å²) in [5.41, 5.74) is 17.8. The molecular weight excluding hydrogens is 841 g/mol. The maximum Gasteiger partial charge on any atom is 0.277 e. The van der Waals surface area contributed by atoms with Gasteiger partial charge in [-0.3, -0.25) is 20.2 Å². The van der Waals surface area contributed by atoms with E-state index in [-0.39, 0.29) is 21.2 Å². The molecule has 0 aliphatic heterocycles. The van der Waals surface area contributed by atoms with Crippen molar-refractivity contribution in [2.24, 2.45) is 0 Å². The van der Waals surface area contributed by atoms with E-state index >= 15 is 0 Å². The minimum atomic E-state index is -0.359. The van der Waals surface area contributed by atoms with Crippen molar-refractivity contribution in [2.45, 2.75) is 25.7 Å². The summed E-state index contributed by atoms with van der Waals surface area (Å²) >= 11 is 0.